The second kappa shape index (κ2) is 8.00. The first kappa shape index (κ1) is 19.7. The van der Waals surface area contributed by atoms with Crippen LogP contribution in [0.25, 0.3) is 0 Å². The van der Waals surface area contributed by atoms with Crippen LogP contribution >= 0.6 is 0 Å². The molecule has 2 aliphatic rings. The summed E-state index contributed by atoms with van der Waals surface area (Å²) in [6, 6.07) is 10.2. The van der Waals surface area contributed by atoms with E-state index in [0.29, 0.717) is 37.6 Å². The molecule has 0 atom stereocenters. The number of amides is 1. The number of carbonyl (C=O) groups excluding carboxylic acids is 1. The van der Waals surface area contributed by atoms with Crippen molar-refractivity contribution in [1.82, 2.24) is 0 Å². The number of hydrogen-bond acceptors (Lipinski definition) is 5. The van der Waals surface area contributed by atoms with E-state index in [0.717, 1.165) is 16.8 Å². The third kappa shape index (κ3) is 3.93. The van der Waals surface area contributed by atoms with Crippen molar-refractivity contribution in [3.05, 3.63) is 53.3 Å². The lowest BCUT2D eigenvalue weighted by molar-refractivity contribution is -0.121. The number of fused-ring (bicyclic) bond motifs is 1. The van der Waals surface area contributed by atoms with Gasteiger partial charge in [0.2, 0.25) is 0 Å². The zero-order valence-electron chi connectivity index (χ0n) is 16.6. The molecule has 2 heterocycles. The molecule has 2 aliphatic heterocycles. The van der Waals surface area contributed by atoms with Gasteiger partial charge in [-0.1, -0.05) is 6.07 Å². The first-order valence-corrected chi connectivity index (χ1v) is 9.60. The van der Waals surface area contributed by atoms with Crippen molar-refractivity contribution in [3.8, 4) is 11.5 Å². The molecule has 0 N–H and O–H groups in total. The molecule has 7 heteroatoms. The minimum Gasteiger partial charge on any atom is -0.489 e. The maximum atomic E-state index is 14.3. The Labute approximate surface area is 169 Å². The lowest BCUT2D eigenvalue weighted by Gasteiger charge is -2.36. The molecule has 154 valence electrons. The maximum absolute atomic E-state index is 14.3. The van der Waals surface area contributed by atoms with Gasteiger partial charge in [0.1, 0.15) is 23.9 Å². The quantitative estimate of drug-likeness (QED) is 0.769. The van der Waals surface area contributed by atoms with Crippen LogP contribution < -0.4 is 14.4 Å². The number of carbonyl (C=O) groups is 1. The summed E-state index contributed by atoms with van der Waals surface area (Å²) in [7, 11) is 3.36. The van der Waals surface area contributed by atoms with Crippen LogP contribution in [0, 0.1) is 5.82 Å². The van der Waals surface area contributed by atoms with Crippen molar-refractivity contribution in [1.29, 1.82) is 0 Å². The number of ether oxygens (including phenoxy) is 4. The number of hydrogen-bond donors (Lipinski definition) is 0. The molecule has 4 rings (SSSR count). The van der Waals surface area contributed by atoms with E-state index in [-0.39, 0.29) is 24.9 Å². The average molecular weight is 401 g/mol. The monoisotopic (exact) mass is 401 g/mol. The molecule has 1 fully saturated rings. The van der Waals surface area contributed by atoms with Crippen molar-refractivity contribution in [2.75, 3.05) is 38.9 Å². The molecule has 0 aromatic heterocycles. The highest BCUT2D eigenvalue weighted by atomic mass is 19.1. The van der Waals surface area contributed by atoms with Gasteiger partial charge in [-0.05, 0) is 35.4 Å². The predicted molar refractivity (Wildman–Crippen MR) is 105 cm³/mol. The van der Waals surface area contributed by atoms with E-state index in [2.05, 4.69) is 0 Å². The fourth-order valence-corrected chi connectivity index (χ4v) is 3.80. The Morgan fingerprint density at radius 1 is 1.17 bits per heavy atom. The van der Waals surface area contributed by atoms with E-state index in [1.807, 2.05) is 24.3 Å². The standard InChI is InChI=1S/C22H24FNO5/c1-24-19-4-3-15(9-20(19)29-14-21(24)25)13-28-18-11-16(10-17(23)12-18)22(26-2)5-7-27-8-6-22/h3-4,9-12H,5-8,13-14H2,1-2H3. The smallest absolute Gasteiger partial charge is 0.264 e. The number of benzene rings is 2. The molecule has 1 saturated heterocycles. The van der Waals surface area contributed by atoms with Gasteiger partial charge in [-0.3, -0.25) is 4.79 Å². The number of rotatable bonds is 5. The molecule has 6 nitrogen and oxygen atoms in total. The van der Waals surface area contributed by atoms with Gasteiger partial charge >= 0.3 is 0 Å². The molecule has 0 aliphatic carbocycles. The Bertz CT molecular complexity index is 910. The molecule has 2 aromatic carbocycles. The van der Waals surface area contributed by atoms with E-state index in [1.54, 1.807) is 19.1 Å². The molecule has 0 bridgehead atoms. The van der Waals surface area contributed by atoms with Crippen LogP contribution in [0.2, 0.25) is 0 Å². The third-order valence-corrected chi connectivity index (χ3v) is 5.60. The Kier molecular flexibility index (Phi) is 5.43. The fourth-order valence-electron chi connectivity index (χ4n) is 3.80. The normalized spacial score (nSPS) is 18.2. The summed E-state index contributed by atoms with van der Waals surface area (Å²) >= 11 is 0. The summed E-state index contributed by atoms with van der Waals surface area (Å²) in [6.07, 6.45) is 1.33. The largest absolute Gasteiger partial charge is 0.489 e. The molecule has 2 aromatic rings. The van der Waals surface area contributed by atoms with Crippen LogP contribution in [0.4, 0.5) is 10.1 Å². The summed E-state index contributed by atoms with van der Waals surface area (Å²) in [5.41, 5.74) is 1.78. The first-order chi connectivity index (χ1) is 14.0. The van der Waals surface area contributed by atoms with E-state index >= 15 is 0 Å². The summed E-state index contributed by atoms with van der Waals surface area (Å²) < 4.78 is 36.9. The Morgan fingerprint density at radius 3 is 2.72 bits per heavy atom. The topological polar surface area (TPSA) is 57.2 Å². The highest BCUT2D eigenvalue weighted by Gasteiger charge is 2.35. The second-order valence-electron chi connectivity index (χ2n) is 7.32. The van der Waals surface area contributed by atoms with E-state index < -0.39 is 5.60 Å². The molecule has 0 saturated carbocycles. The first-order valence-electron chi connectivity index (χ1n) is 9.60. The maximum Gasteiger partial charge on any atom is 0.264 e. The van der Waals surface area contributed by atoms with Gasteiger partial charge in [-0.15, -0.1) is 0 Å². The van der Waals surface area contributed by atoms with Crippen LogP contribution in [-0.4, -0.2) is 39.9 Å². The molecule has 0 spiro atoms. The number of methoxy groups -OCH3 is 1. The van der Waals surface area contributed by atoms with E-state index in [4.69, 9.17) is 18.9 Å². The summed E-state index contributed by atoms with van der Waals surface area (Å²) in [5, 5.41) is 0. The number of anilines is 1. The van der Waals surface area contributed by atoms with Crippen molar-refractivity contribution < 1.29 is 28.1 Å². The predicted octanol–water partition coefficient (Wildman–Crippen LogP) is 3.41. The van der Waals surface area contributed by atoms with Crippen LogP contribution in [0.1, 0.15) is 24.0 Å². The minimum atomic E-state index is -0.560. The number of likely N-dealkylation sites (N-methyl/N-ethyl adjacent to an activating group) is 1. The average Bonchev–Trinajstić information content (AvgIpc) is 2.75. The lowest BCUT2D eigenvalue weighted by Crippen LogP contribution is -2.35. The lowest BCUT2D eigenvalue weighted by atomic mass is 9.86. The van der Waals surface area contributed by atoms with Crippen LogP contribution in [-0.2, 0) is 26.5 Å². The summed E-state index contributed by atoms with van der Waals surface area (Å²) in [4.78, 5) is 13.3. The Hall–Kier alpha value is -2.64. The van der Waals surface area contributed by atoms with Crippen molar-refractivity contribution in [2.45, 2.75) is 25.0 Å². The van der Waals surface area contributed by atoms with Gasteiger partial charge in [-0.25, -0.2) is 4.39 Å². The molecular weight excluding hydrogens is 377 g/mol. The zero-order valence-corrected chi connectivity index (χ0v) is 16.6. The fraction of sp³-hybridized carbons (Fsp3) is 0.409. The van der Waals surface area contributed by atoms with Gasteiger partial charge in [0.05, 0.1) is 11.3 Å². The van der Waals surface area contributed by atoms with Gasteiger partial charge in [0.25, 0.3) is 5.91 Å². The SMILES string of the molecule is COC1(c2cc(F)cc(OCc3ccc4c(c3)OCC(=O)N4C)c2)CCOCC1. The molecule has 29 heavy (non-hydrogen) atoms. The summed E-state index contributed by atoms with van der Waals surface area (Å²) in [6.45, 7) is 1.42. The molecular formula is C22H24FNO5. The van der Waals surface area contributed by atoms with Crippen LogP contribution in [0.3, 0.4) is 0 Å². The third-order valence-electron chi connectivity index (χ3n) is 5.60. The Morgan fingerprint density at radius 2 is 1.97 bits per heavy atom. The van der Waals surface area contributed by atoms with Crippen LogP contribution in [0.5, 0.6) is 11.5 Å². The van der Waals surface area contributed by atoms with Crippen LogP contribution in [0.15, 0.2) is 36.4 Å². The minimum absolute atomic E-state index is 0.0177. The zero-order chi connectivity index (χ0) is 20.4. The highest BCUT2D eigenvalue weighted by Crippen LogP contribution is 2.38. The van der Waals surface area contributed by atoms with Gasteiger partial charge < -0.3 is 23.8 Å². The van der Waals surface area contributed by atoms with Gasteiger partial charge in [-0.2, -0.15) is 0 Å². The molecule has 1 amide bonds. The molecule has 0 unspecified atom stereocenters. The highest BCUT2D eigenvalue weighted by molar-refractivity contribution is 5.97. The Balaban J connectivity index is 1.52. The van der Waals surface area contributed by atoms with E-state index in [9.17, 15) is 9.18 Å². The van der Waals surface area contributed by atoms with Crippen molar-refractivity contribution in [2.24, 2.45) is 0 Å². The number of nitrogens with zero attached hydrogens (tertiary/aromatic N) is 1. The van der Waals surface area contributed by atoms with Gasteiger partial charge in [0, 0.05) is 46.3 Å². The summed E-state index contributed by atoms with van der Waals surface area (Å²) in [5.74, 6) is 0.617. The van der Waals surface area contributed by atoms with E-state index in [1.165, 1.54) is 12.1 Å². The second-order valence-corrected chi connectivity index (χ2v) is 7.32. The molecule has 0 radical (unpaired) electrons. The van der Waals surface area contributed by atoms with Gasteiger partial charge in [0.15, 0.2) is 6.61 Å². The van der Waals surface area contributed by atoms with Crippen molar-refractivity contribution in [3.63, 3.8) is 0 Å². The van der Waals surface area contributed by atoms with Crippen molar-refractivity contribution >= 4 is 11.6 Å². The number of halogens is 1.